The molecule has 0 fully saturated rings. The minimum atomic E-state index is -3.82. The van der Waals surface area contributed by atoms with Gasteiger partial charge in [-0.1, -0.05) is 15.9 Å². The minimum Gasteiger partial charge on any atom is -0.384 e. The maximum Gasteiger partial charge on any atom is 0.262 e. The molecular weight excluding hydrogens is 344 g/mol. The van der Waals surface area contributed by atoms with Gasteiger partial charge in [0.2, 0.25) is 0 Å². The number of nitrogen functional groups attached to an aromatic ring is 1. The predicted octanol–water partition coefficient (Wildman–Crippen LogP) is 2.10. The zero-order chi connectivity index (χ0) is 14.8. The number of benzene rings is 1. The van der Waals surface area contributed by atoms with E-state index < -0.39 is 10.0 Å². The maximum absolute atomic E-state index is 12.2. The number of hydrogen-bond donors (Lipinski definition) is 2. The first kappa shape index (κ1) is 14.3. The molecule has 0 spiro atoms. The van der Waals surface area contributed by atoms with Gasteiger partial charge >= 0.3 is 0 Å². The molecule has 6 nitrogen and oxygen atoms in total. The van der Waals surface area contributed by atoms with Gasteiger partial charge in [-0.25, -0.2) is 13.4 Å². The van der Waals surface area contributed by atoms with E-state index in [1.165, 1.54) is 30.5 Å². The van der Waals surface area contributed by atoms with E-state index in [1.54, 1.807) is 6.07 Å². The fourth-order valence-electron chi connectivity index (χ4n) is 1.50. The number of sulfonamides is 1. The maximum atomic E-state index is 12.2. The normalized spacial score (nSPS) is 10.8. The molecule has 0 saturated carbocycles. The molecule has 0 bridgehead atoms. The van der Waals surface area contributed by atoms with Gasteiger partial charge in [-0.3, -0.25) is 4.72 Å². The van der Waals surface area contributed by atoms with Crippen molar-refractivity contribution in [1.29, 1.82) is 5.26 Å². The van der Waals surface area contributed by atoms with Crippen LogP contribution in [0.3, 0.4) is 0 Å². The highest BCUT2D eigenvalue weighted by Crippen LogP contribution is 2.23. The first-order valence-electron chi connectivity index (χ1n) is 5.36. The SMILES string of the molecule is N#Cc1cc(Br)ccc1NS(=O)(=O)c1ccnc(N)c1. The second kappa shape index (κ2) is 5.48. The van der Waals surface area contributed by atoms with Crippen LogP contribution < -0.4 is 10.5 Å². The van der Waals surface area contributed by atoms with Crippen molar-refractivity contribution in [2.75, 3.05) is 10.5 Å². The summed E-state index contributed by atoms with van der Waals surface area (Å²) >= 11 is 3.22. The Morgan fingerprint density at radius 2 is 2.05 bits per heavy atom. The van der Waals surface area contributed by atoms with Crippen molar-refractivity contribution in [2.45, 2.75) is 4.90 Å². The molecule has 0 aliphatic carbocycles. The average Bonchev–Trinajstić information content (AvgIpc) is 2.40. The van der Waals surface area contributed by atoms with Gasteiger partial charge in [0.1, 0.15) is 11.9 Å². The van der Waals surface area contributed by atoms with Crippen LogP contribution in [0.1, 0.15) is 5.56 Å². The van der Waals surface area contributed by atoms with Gasteiger partial charge in [-0.15, -0.1) is 0 Å². The van der Waals surface area contributed by atoms with Crippen LogP contribution in [0.2, 0.25) is 0 Å². The predicted molar refractivity (Wildman–Crippen MR) is 78.3 cm³/mol. The molecule has 0 aliphatic rings. The number of aromatic nitrogens is 1. The van der Waals surface area contributed by atoms with Crippen LogP contribution in [0.5, 0.6) is 0 Å². The van der Waals surface area contributed by atoms with Crippen LogP contribution in [0.15, 0.2) is 45.9 Å². The summed E-state index contributed by atoms with van der Waals surface area (Å²) in [5.74, 6) is 0.101. The first-order chi connectivity index (χ1) is 9.42. The Hall–Kier alpha value is -2.11. The number of anilines is 2. The van der Waals surface area contributed by atoms with Gasteiger partial charge in [0.05, 0.1) is 16.1 Å². The zero-order valence-corrected chi connectivity index (χ0v) is 12.4. The average molecular weight is 353 g/mol. The van der Waals surface area contributed by atoms with Crippen molar-refractivity contribution in [3.05, 3.63) is 46.6 Å². The van der Waals surface area contributed by atoms with Crippen molar-refractivity contribution in [1.82, 2.24) is 4.98 Å². The smallest absolute Gasteiger partial charge is 0.262 e. The van der Waals surface area contributed by atoms with Crippen LogP contribution in [0.4, 0.5) is 11.5 Å². The Morgan fingerprint density at radius 1 is 1.30 bits per heavy atom. The molecule has 3 N–H and O–H groups in total. The Labute approximate surface area is 124 Å². The Bertz CT molecular complexity index is 799. The fraction of sp³-hybridized carbons (Fsp3) is 0. The standard InChI is InChI=1S/C12H9BrN4O2S/c13-9-1-2-11(8(5-9)7-14)17-20(18,19)10-3-4-16-12(15)6-10/h1-6,17H,(H2,15,16). The monoisotopic (exact) mass is 352 g/mol. The number of nitriles is 1. The van der Waals surface area contributed by atoms with E-state index in [2.05, 4.69) is 25.6 Å². The van der Waals surface area contributed by atoms with Crippen molar-refractivity contribution in [3.63, 3.8) is 0 Å². The summed E-state index contributed by atoms with van der Waals surface area (Å²) in [6.45, 7) is 0. The van der Waals surface area contributed by atoms with Gasteiger partial charge in [-0.2, -0.15) is 5.26 Å². The molecule has 102 valence electrons. The lowest BCUT2D eigenvalue weighted by Gasteiger charge is -2.09. The molecule has 0 atom stereocenters. The molecule has 2 rings (SSSR count). The number of nitrogens with two attached hydrogens (primary N) is 1. The van der Waals surface area contributed by atoms with Gasteiger partial charge in [-0.05, 0) is 24.3 Å². The molecule has 1 aromatic heterocycles. The largest absolute Gasteiger partial charge is 0.384 e. The lowest BCUT2D eigenvalue weighted by atomic mass is 10.2. The van der Waals surface area contributed by atoms with Crippen LogP contribution in [-0.4, -0.2) is 13.4 Å². The summed E-state index contributed by atoms with van der Waals surface area (Å²) in [5, 5.41) is 9.02. The molecule has 2 aromatic rings. The number of nitrogens with one attached hydrogen (secondary N) is 1. The molecule has 0 amide bonds. The number of halogens is 1. The second-order valence-electron chi connectivity index (χ2n) is 3.82. The van der Waals surface area contributed by atoms with E-state index in [0.717, 1.165) is 0 Å². The summed E-state index contributed by atoms with van der Waals surface area (Å²) in [6.07, 6.45) is 1.30. The molecule has 0 aliphatic heterocycles. The summed E-state index contributed by atoms with van der Waals surface area (Å²) in [4.78, 5) is 3.72. The lowest BCUT2D eigenvalue weighted by Crippen LogP contribution is -2.14. The van der Waals surface area contributed by atoms with Gasteiger partial charge in [0, 0.05) is 16.7 Å². The number of hydrogen-bond acceptors (Lipinski definition) is 5. The molecular formula is C12H9BrN4O2S. The third-order valence-corrected chi connectivity index (χ3v) is 4.27. The summed E-state index contributed by atoms with van der Waals surface area (Å²) in [5.41, 5.74) is 5.88. The lowest BCUT2D eigenvalue weighted by molar-refractivity contribution is 0.601. The second-order valence-corrected chi connectivity index (χ2v) is 6.42. The number of rotatable bonds is 3. The number of pyridine rings is 1. The number of nitrogens with zero attached hydrogens (tertiary/aromatic N) is 2. The quantitative estimate of drug-likeness (QED) is 0.878. The summed E-state index contributed by atoms with van der Waals surface area (Å²) in [6, 6.07) is 9.16. The molecule has 1 aromatic carbocycles. The highest BCUT2D eigenvalue weighted by atomic mass is 79.9. The molecule has 20 heavy (non-hydrogen) atoms. The molecule has 0 saturated heterocycles. The molecule has 0 unspecified atom stereocenters. The Balaban J connectivity index is 2.42. The van der Waals surface area contributed by atoms with Crippen LogP contribution in [0.25, 0.3) is 0 Å². The van der Waals surface area contributed by atoms with E-state index in [9.17, 15) is 8.42 Å². The summed E-state index contributed by atoms with van der Waals surface area (Å²) < 4.78 is 27.4. The summed E-state index contributed by atoms with van der Waals surface area (Å²) in [7, 11) is -3.82. The van der Waals surface area contributed by atoms with Gasteiger partial charge in [0.25, 0.3) is 10.0 Å². The Kier molecular flexibility index (Phi) is 3.92. The van der Waals surface area contributed by atoms with Crippen molar-refractivity contribution in [3.8, 4) is 6.07 Å². The van der Waals surface area contributed by atoms with Crippen molar-refractivity contribution >= 4 is 37.5 Å². The third kappa shape index (κ3) is 3.07. The minimum absolute atomic E-state index is 0.0168. The molecule has 1 heterocycles. The Morgan fingerprint density at radius 3 is 2.70 bits per heavy atom. The highest BCUT2D eigenvalue weighted by Gasteiger charge is 2.16. The highest BCUT2D eigenvalue weighted by molar-refractivity contribution is 9.10. The van der Waals surface area contributed by atoms with Crippen LogP contribution in [0, 0.1) is 11.3 Å². The van der Waals surface area contributed by atoms with E-state index in [4.69, 9.17) is 11.0 Å². The fourth-order valence-corrected chi connectivity index (χ4v) is 2.96. The first-order valence-corrected chi connectivity index (χ1v) is 7.64. The third-order valence-electron chi connectivity index (χ3n) is 2.41. The van der Waals surface area contributed by atoms with E-state index >= 15 is 0 Å². The topological polar surface area (TPSA) is 109 Å². The van der Waals surface area contributed by atoms with E-state index in [0.29, 0.717) is 4.47 Å². The van der Waals surface area contributed by atoms with E-state index in [1.807, 2.05) is 6.07 Å². The van der Waals surface area contributed by atoms with Gasteiger partial charge in [0.15, 0.2) is 0 Å². The zero-order valence-electron chi connectivity index (χ0n) is 10.0. The van der Waals surface area contributed by atoms with Crippen LogP contribution in [-0.2, 0) is 10.0 Å². The van der Waals surface area contributed by atoms with Crippen molar-refractivity contribution < 1.29 is 8.42 Å². The molecule has 0 radical (unpaired) electrons. The molecule has 8 heteroatoms. The van der Waals surface area contributed by atoms with Crippen LogP contribution >= 0.6 is 15.9 Å². The van der Waals surface area contributed by atoms with Gasteiger partial charge < -0.3 is 5.73 Å². The van der Waals surface area contributed by atoms with E-state index in [-0.39, 0.29) is 22.0 Å². The van der Waals surface area contributed by atoms with Crippen molar-refractivity contribution in [2.24, 2.45) is 0 Å².